The van der Waals surface area contributed by atoms with Crippen molar-refractivity contribution in [2.24, 2.45) is 0 Å². The number of pyridine rings is 1. The van der Waals surface area contributed by atoms with Crippen molar-refractivity contribution >= 4 is 10.9 Å². The highest BCUT2D eigenvalue weighted by atomic mass is 16.3. The smallest absolute Gasteiger partial charge is 0.0921 e. The third kappa shape index (κ3) is 1.92. The molecule has 0 radical (unpaired) electrons. The maximum atomic E-state index is 10.6. The summed E-state index contributed by atoms with van der Waals surface area (Å²) >= 11 is 0. The van der Waals surface area contributed by atoms with Gasteiger partial charge in [-0.15, -0.1) is 0 Å². The molecule has 2 heterocycles. The van der Waals surface area contributed by atoms with Crippen LogP contribution in [0.2, 0.25) is 0 Å². The van der Waals surface area contributed by atoms with Crippen molar-refractivity contribution in [1.29, 1.82) is 0 Å². The van der Waals surface area contributed by atoms with Crippen LogP contribution in [0.15, 0.2) is 36.5 Å². The summed E-state index contributed by atoms with van der Waals surface area (Å²) in [6.45, 7) is 1.74. The number of nitrogens with one attached hydrogen (secondary N) is 1. The van der Waals surface area contributed by atoms with Crippen LogP contribution in [-0.2, 0) is 5.60 Å². The molecule has 3 nitrogen and oxygen atoms in total. The van der Waals surface area contributed by atoms with Crippen LogP contribution < -0.4 is 5.32 Å². The molecule has 88 valence electrons. The highest BCUT2D eigenvalue weighted by Gasteiger charge is 2.31. The van der Waals surface area contributed by atoms with Gasteiger partial charge in [0.05, 0.1) is 11.1 Å². The molecule has 0 aliphatic carbocycles. The van der Waals surface area contributed by atoms with Crippen molar-refractivity contribution in [3.05, 3.63) is 42.1 Å². The van der Waals surface area contributed by atoms with Crippen LogP contribution >= 0.6 is 0 Å². The van der Waals surface area contributed by atoms with Crippen LogP contribution in [0.1, 0.15) is 18.4 Å². The first kappa shape index (κ1) is 10.7. The van der Waals surface area contributed by atoms with E-state index in [1.54, 1.807) is 6.20 Å². The van der Waals surface area contributed by atoms with Gasteiger partial charge in [-0.2, -0.15) is 0 Å². The number of fused-ring (bicyclic) bond motifs is 1. The van der Waals surface area contributed by atoms with E-state index < -0.39 is 5.60 Å². The van der Waals surface area contributed by atoms with Gasteiger partial charge in [-0.3, -0.25) is 4.98 Å². The number of benzene rings is 1. The van der Waals surface area contributed by atoms with Gasteiger partial charge in [0.1, 0.15) is 0 Å². The minimum absolute atomic E-state index is 0.684. The van der Waals surface area contributed by atoms with Crippen molar-refractivity contribution in [3.8, 4) is 0 Å². The van der Waals surface area contributed by atoms with Crippen LogP contribution in [-0.4, -0.2) is 23.2 Å². The summed E-state index contributed by atoms with van der Waals surface area (Å²) in [4.78, 5) is 4.34. The number of hydrogen-bond acceptors (Lipinski definition) is 3. The lowest BCUT2D eigenvalue weighted by molar-refractivity contribution is 0.00605. The second-order valence-corrected chi connectivity index (χ2v) is 4.69. The summed E-state index contributed by atoms with van der Waals surface area (Å²) < 4.78 is 0. The maximum Gasteiger partial charge on any atom is 0.0921 e. The van der Waals surface area contributed by atoms with E-state index in [9.17, 15) is 5.11 Å². The predicted octanol–water partition coefficient (Wildman–Crippen LogP) is 1.81. The first-order valence-corrected chi connectivity index (χ1v) is 6.06. The van der Waals surface area contributed by atoms with Crippen molar-refractivity contribution in [3.63, 3.8) is 0 Å². The topological polar surface area (TPSA) is 45.2 Å². The van der Waals surface area contributed by atoms with E-state index in [0.29, 0.717) is 0 Å². The molecule has 0 amide bonds. The van der Waals surface area contributed by atoms with Gasteiger partial charge in [0.2, 0.25) is 0 Å². The van der Waals surface area contributed by atoms with Crippen molar-refractivity contribution in [2.75, 3.05) is 13.1 Å². The molecule has 0 unspecified atom stereocenters. The van der Waals surface area contributed by atoms with E-state index in [1.807, 2.05) is 30.3 Å². The second kappa shape index (κ2) is 4.09. The molecule has 1 aromatic carbocycles. The van der Waals surface area contributed by atoms with Crippen molar-refractivity contribution < 1.29 is 5.11 Å². The molecule has 1 fully saturated rings. The fourth-order valence-electron chi connectivity index (χ4n) is 2.48. The largest absolute Gasteiger partial charge is 0.385 e. The quantitative estimate of drug-likeness (QED) is 0.782. The first-order chi connectivity index (χ1) is 8.28. The van der Waals surface area contributed by atoms with Gasteiger partial charge in [0.25, 0.3) is 0 Å². The Balaban J connectivity index is 2.05. The third-order valence-corrected chi connectivity index (χ3v) is 3.57. The Hall–Kier alpha value is -1.45. The van der Waals surface area contributed by atoms with Crippen LogP contribution in [0.3, 0.4) is 0 Å². The summed E-state index contributed by atoms with van der Waals surface area (Å²) in [6.07, 6.45) is 3.33. The number of aromatic nitrogens is 1. The van der Waals surface area contributed by atoms with Crippen LogP contribution in [0.4, 0.5) is 0 Å². The zero-order valence-corrected chi connectivity index (χ0v) is 9.69. The molecule has 1 aromatic heterocycles. The van der Waals surface area contributed by atoms with Gasteiger partial charge in [-0.25, -0.2) is 0 Å². The van der Waals surface area contributed by atoms with E-state index in [1.165, 1.54) is 0 Å². The average Bonchev–Trinajstić information content (AvgIpc) is 2.39. The molecule has 1 aliphatic heterocycles. The van der Waals surface area contributed by atoms with E-state index in [0.717, 1.165) is 42.4 Å². The van der Waals surface area contributed by atoms with Crippen LogP contribution in [0.25, 0.3) is 10.9 Å². The average molecular weight is 228 g/mol. The summed E-state index contributed by atoms with van der Waals surface area (Å²) in [6, 6.07) is 10.0. The van der Waals surface area contributed by atoms with E-state index >= 15 is 0 Å². The molecule has 1 aliphatic rings. The minimum Gasteiger partial charge on any atom is -0.385 e. The second-order valence-electron chi connectivity index (χ2n) is 4.69. The Morgan fingerprint density at radius 3 is 2.82 bits per heavy atom. The summed E-state index contributed by atoms with van der Waals surface area (Å²) in [5.41, 5.74) is 1.26. The standard InChI is InChI=1S/C14H16N2O/c17-14(5-8-15-9-6-14)12-4-3-11-2-1-7-16-13(11)10-12/h1-4,7,10,15,17H,5-6,8-9H2. The van der Waals surface area contributed by atoms with Gasteiger partial charge in [-0.1, -0.05) is 18.2 Å². The lowest BCUT2D eigenvalue weighted by Gasteiger charge is -2.33. The Labute approximate surface area is 100 Å². The molecular formula is C14H16N2O. The lowest BCUT2D eigenvalue weighted by Crippen LogP contribution is -2.39. The highest BCUT2D eigenvalue weighted by molar-refractivity contribution is 5.79. The lowest BCUT2D eigenvalue weighted by atomic mass is 9.85. The van der Waals surface area contributed by atoms with Gasteiger partial charge in [0, 0.05) is 11.6 Å². The third-order valence-electron chi connectivity index (χ3n) is 3.57. The fourth-order valence-corrected chi connectivity index (χ4v) is 2.48. The zero-order chi connectivity index (χ0) is 11.7. The normalized spacial score (nSPS) is 19.4. The molecule has 0 spiro atoms. The summed E-state index contributed by atoms with van der Waals surface area (Å²) in [5.74, 6) is 0. The molecule has 2 N–H and O–H groups in total. The van der Waals surface area contributed by atoms with E-state index in [-0.39, 0.29) is 0 Å². The SMILES string of the molecule is OC1(c2ccc3cccnc3c2)CCNCC1. The highest BCUT2D eigenvalue weighted by Crippen LogP contribution is 2.31. The number of hydrogen-bond donors (Lipinski definition) is 2. The summed E-state index contributed by atoms with van der Waals surface area (Å²) in [5, 5.41) is 15.0. The minimum atomic E-state index is -0.684. The molecule has 3 rings (SSSR count). The number of aliphatic hydroxyl groups is 1. The molecule has 3 heteroatoms. The monoisotopic (exact) mass is 228 g/mol. The molecule has 0 saturated carbocycles. The first-order valence-electron chi connectivity index (χ1n) is 6.06. The Kier molecular flexibility index (Phi) is 2.57. The molecule has 0 atom stereocenters. The van der Waals surface area contributed by atoms with E-state index in [2.05, 4.69) is 10.3 Å². The van der Waals surface area contributed by atoms with Crippen molar-refractivity contribution in [1.82, 2.24) is 10.3 Å². The summed E-state index contributed by atoms with van der Waals surface area (Å²) in [7, 11) is 0. The molecule has 0 bridgehead atoms. The van der Waals surface area contributed by atoms with Crippen LogP contribution in [0.5, 0.6) is 0 Å². The van der Waals surface area contributed by atoms with Gasteiger partial charge in [0.15, 0.2) is 0 Å². The number of rotatable bonds is 1. The zero-order valence-electron chi connectivity index (χ0n) is 9.69. The van der Waals surface area contributed by atoms with Crippen LogP contribution in [0, 0.1) is 0 Å². The number of nitrogens with zero attached hydrogens (tertiary/aromatic N) is 1. The Morgan fingerprint density at radius 2 is 2.00 bits per heavy atom. The Morgan fingerprint density at radius 1 is 1.18 bits per heavy atom. The van der Waals surface area contributed by atoms with Gasteiger partial charge < -0.3 is 10.4 Å². The molecule has 17 heavy (non-hydrogen) atoms. The van der Waals surface area contributed by atoms with Gasteiger partial charge >= 0.3 is 0 Å². The fraction of sp³-hybridized carbons (Fsp3) is 0.357. The van der Waals surface area contributed by atoms with E-state index in [4.69, 9.17) is 0 Å². The molecule has 1 saturated heterocycles. The van der Waals surface area contributed by atoms with Gasteiger partial charge in [-0.05, 0) is 43.6 Å². The van der Waals surface area contributed by atoms with Crippen molar-refractivity contribution in [2.45, 2.75) is 18.4 Å². The Bertz CT molecular complexity index is 532. The molecule has 2 aromatic rings. The number of piperidine rings is 1. The predicted molar refractivity (Wildman–Crippen MR) is 67.7 cm³/mol. The molecular weight excluding hydrogens is 212 g/mol. The maximum absolute atomic E-state index is 10.6.